The number of nitrogens with one attached hydrogen (secondary N) is 1. The van der Waals surface area contributed by atoms with Crippen molar-refractivity contribution >= 4 is 0 Å². The zero-order valence-corrected chi connectivity index (χ0v) is 12.3. The summed E-state index contributed by atoms with van der Waals surface area (Å²) < 4.78 is 5.46. The van der Waals surface area contributed by atoms with Gasteiger partial charge in [0.2, 0.25) is 0 Å². The molecule has 0 saturated heterocycles. The second kappa shape index (κ2) is 7.71. The van der Waals surface area contributed by atoms with Gasteiger partial charge >= 0.3 is 0 Å². The largest absolute Gasteiger partial charge is 0.496 e. The van der Waals surface area contributed by atoms with Crippen molar-refractivity contribution < 1.29 is 4.74 Å². The summed E-state index contributed by atoms with van der Waals surface area (Å²) in [6, 6.07) is 19.2. The SMILES string of the molecule is CCCNC(Cc1ccccc1OC)c1ccccc1. The highest BCUT2D eigenvalue weighted by Crippen LogP contribution is 2.24. The fourth-order valence-corrected chi connectivity index (χ4v) is 2.40. The molecule has 0 amide bonds. The average Bonchev–Trinajstić information content (AvgIpc) is 2.52. The summed E-state index contributed by atoms with van der Waals surface area (Å²) in [4.78, 5) is 0. The Hall–Kier alpha value is -1.80. The molecule has 0 aliphatic rings. The van der Waals surface area contributed by atoms with Crippen molar-refractivity contribution in [3.63, 3.8) is 0 Å². The van der Waals surface area contributed by atoms with Crippen molar-refractivity contribution in [3.05, 3.63) is 65.7 Å². The minimum atomic E-state index is 0.326. The number of rotatable bonds is 7. The Morgan fingerprint density at radius 1 is 1.00 bits per heavy atom. The predicted molar refractivity (Wildman–Crippen MR) is 84.2 cm³/mol. The van der Waals surface area contributed by atoms with Crippen LogP contribution in [0, 0.1) is 0 Å². The lowest BCUT2D eigenvalue weighted by molar-refractivity contribution is 0.405. The maximum Gasteiger partial charge on any atom is 0.122 e. The topological polar surface area (TPSA) is 21.3 Å². The van der Waals surface area contributed by atoms with Gasteiger partial charge in [0, 0.05) is 6.04 Å². The van der Waals surface area contributed by atoms with Crippen LogP contribution in [0.15, 0.2) is 54.6 Å². The van der Waals surface area contributed by atoms with Gasteiger partial charge in [-0.1, -0.05) is 55.5 Å². The van der Waals surface area contributed by atoms with Gasteiger partial charge in [-0.2, -0.15) is 0 Å². The molecule has 0 bridgehead atoms. The first-order valence-electron chi connectivity index (χ1n) is 7.25. The standard InChI is InChI=1S/C18H23NO/c1-3-13-19-17(15-9-5-4-6-10-15)14-16-11-7-8-12-18(16)20-2/h4-12,17,19H,3,13-14H2,1-2H3. The second-order valence-electron chi connectivity index (χ2n) is 4.93. The molecule has 0 saturated carbocycles. The van der Waals surface area contributed by atoms with Crippen LogP contribution < -0.4 is 10.1 Å². The zero-order chi connectivity index (χ0) is 14.2. The first-order valence-corrected chi connectivity index (χ1v) is 7.25. The van der Waals surface area contributed by atoms with Gasteiger partial charge in [-0.3, -0.25) is 0 Å². The van der Waals surface area contributed by atoms with Crippen molar-refractivity contribution in [2.75, 3.05) is 13.7 Å². The van der Waals surface area contributed by atoms with Crippen molar-refractivity contribution in [2.45, 2.75) is 25.8 Å². The van der Waals surface area contributed by atoms with Gasteiger partial charge in [0.25, 0.3) is 0 Å². The summed E-state index contributed by atoms with van der Waals surface area (Å²) in [5, 5.41) is 3.63. The first-order chi connectivity index (χ1) is 9.85. The van der Waals surface area contributed by atoms with E-state index in [2.05, 4.69) is 54.7 Å². The van der Waals surface area contributed by atoms with E-state index in [1.165, 1.54) is 11.1 Å². The van der Waals surface area contributed by atoms with Crippen LogP contribution in [-0.4, -0.2) is 13.7 Å². The number of ether oxygens (including phenoxy) is 1. The molecule has 0 aliphatic carbocycles. The number of hydrogen-bond acceptors (Lipinski definition) is 2. The fraction of sp³-hybridized carbons (Fsp3) is 0.333. The quantitative estimate of drug-likeness (QED) is 0.821. The lowest BCUT2D eigenvalue weighted by Crippen LogP contribution is -2.24. The van der Waals surface area contributed by atoms with Gasteiger partial charge in [-0.15, -0.1) is 0 Å². The van der Waals surface area contributed by atoms with Crippen LogP contribution in [0.2, 0.25) is 0 Å². The molecule has 2 rings (SSSR count). The zero-order valence-electron chi connectivity index (χ0n) is 12.3. The third kappa shape index (κ3) is 3.84. The van der Waals surface area contributed by atoms with Crippen molar-refractivity contribution in [2.24, 2.45) is 0 Å². The Labute approximate surface area is 121 Å². The van der Waals surface area contributed by atoms with E-state index in [9.17, 15) is 0 Å². The molecule has 2 aromatic rings. The number of hydrogen-bond donors (Lipinski definition) is 1. The maximum atomic E-state index is 5.46. The van der Waals surface area contributed by atoms with Gasteiger partial charge in [0.1, 0.15) is 5.75 Å². The normalized spacial score (nSPS) is 12.1. The predicted octanol–water partition coefficient (Wildman–Crippen LogP) is 3.98. The summed E-state index contributed by atoms with van der Waals surface area (Å²) in [5.74, 6) is 0.965. The van der Waals surface area contributed by atoms with E-state index in [4.69, 9.17) is 4.74 Å². The second-order valence-corrected chi connectivity index (χ2v) is 4.93. The molecule has 1 N–H and O–H groups in total. The smallest absolute Gasteiger partial charge is 0.122 e. The Kier molecular flexibility index (Phi) is 5.63. The number of methoxy groups -OCH3 is 1. The third-order valence-corrected chi connectivity index (χ3v) is 3.46. The van der Waals surface area contributed by atoms with E-state index in [1.54, 1.807) is 7.11 Å². The molecule has 2 heteroatoms. The molecule has 1 unspecified atom stereocenters. The molecule has 0 spiro atoms. The van der Waals surface area contributed by atoms with Crippen LogP contribution in [0.4, 0.5) is 0 Å². The fourth-order valence-electron chi connectivity index (χ4n) is 2.40. The molecular weight excluding hydrogens is 246 g/mol. The van der Waals surface area contributed by atoms with Crippen LogP contribution in [0.1, 0.15) is 30.5 Å². The minimum absolute atomic E-state index is 0.326. The van der Waals surface area contributed by atoms with E-state index in [1.807, 2.05) is 12.1 Å². The average molecular weight is 269 g/mol. The summed E-state index contributed by atoms with van der Waals surface area (Å²) in [6.45, 7) is 3.22. The first kappa shape index (κ1) is 14.6. The van der Waals surface area contributed by atoms with Gasteiger partial charge in [0.05, 0.1) is 7.11 Å². The summed E-state index contributed by atoms with van der Waals surface area (Å²) >= 11 is 0. The van der Waals surface area contributed by atoms with Crippen molar-refractivity contribution in [1.29, 1.82) is 0 Å². The Morgan fingerprint density at radius 3 is 2.40 bits per heavy atom. The summed E-state index contributed by atoms with van der Waals surface area (Å²) in [6.07, 6.45) is 2.07. The van der Waals surface area contributed by atoms with Crippen LogP contribution in [0.25, 0.3) is 0 Å². The molecule has 2 nitrogen and oxygen atoms in total. The molecule has 106 valence electrons. The van der Waals surface area contributed by atoms with Gasteiger partial charge in [-0.05, 0) is 36.6 Å². The highest BCUT2D eigenvalue weighted by Gasteiger charge is 2.13. The minimum Gasteiger partial charge on any atom is -0.496 e. The Morgan fingerprint density at radius 2 is 1.70 bits per heavy atom. The van der Waals surface area contributed by atoms with E-state index < -0.39 is 0 Å². The molecule has 1 atom stereocenters. The molecule has 2 aromatic carbocycles. The van der Waals surface area contributed by atoms with E-state index in [0.29, 0.717) is 6.04 Å². The Balaban J connectivity index is 2.19. The molecule has 0 aliphatic heterocycles. The molecule has 0 heterocycles. The van der Waals surface area contributed by atoms with Crippen LogP contribution in [0.3, 0.4) is 0 Å². The highest BCUT2D eigenvalue weighted by atomic mass is 16.5. The van der Waals surface area contributed by atoms with Gasteiger partial charge in [-0.25, -0.2) is 0 Å². The molecule has 0 aromatic heterocycles. The molecule has 0 radical (unpaired) electrons. The molecular formula is C18H23NO. The van der Waals surface area contributed by atoms with Gasteiger partial charge in [0.15, 0.2) is 0 Å². The van der Waals surface area contributed by atoms with Gasteiger partial charge < -0.3 is 10.1 Å². The van der Waals surface area contributed by atoms with E-state index in [-0.39, 0.29) is 0 Å². The Bertz CT molecular complexity index is 510. The van der Waals surface area contributed by atoms with E-state index >= 15 is 0 Å². The highest BCUT2D eigenvalue weighted by molar-refractivity contribution is 5.35. The number of benzene rings is 2. The monoisotopic (exact) mass is 269 g/mol. The van der Waals surface area contributed by atoms with Crippen LogP contribution in [-0.2, 0) is 6.42 Å². The van der Waals surface area contributed by atoms with Crippen molar-refractivity contribution in [1.82, 2.24) is 5.32 Å². The lowest BCUT2D eigenvalue weighted by atomic mass is 9.98. The molecule has 20 heavy (non-hydrogen) atoms. The lowest BCUT2D eigenvalue weighted by Gasteiger charge is -2.20. The van der Waals surface area contributed by atoms with Crippen molar-refractivity contribution in [3.8, 4) is 5.75 Å². The summed E-state index contributed by atoms with van der Waals surface area (Å²) in [5.41, 5.74) is 2.57. The molecule has 0 fully saturated rings. The number of para-hydroxylation sites is 1. The van der Waals surface area contributed by atoms with Crippen LogP contribution in [0.5, 0.6) is 5.75 Å². The summed E-state index contributed by atoms with van der Waals surface area (Å²) in [7, 11) is 1.73. The maximum absolute atomic E-state index is 5.46. The van der Waals surface area contributed by atoms with Crippen LogP contribution >= 0.6 is 0 Å². The third-order valence-electron chi connectivity index (χ3n) is 3.46. The van der Waals surface area contributed by atoms with E-state index in [0.717, 1.165) is 25.1 Å².